The number of hydrogen-bond acceptors (Lipinski definition) is 6. The third-order valence-electron chi connectivity index (χ3n) is 3.67. The van der Waals surface area contributed by atoms with Gasteiger partial charge in [-0.3, -0.25) is 0 Å². The molecule has 122 valence electrons. The predicted molar refractivity (Wildman–Crippen MR) is 85.3 cm³/mol. The number of nitrogens with one attached hydrogen (secondary N) is 1. The number of hydrogen-bond donors (Lipinski definition) is 1. The quantitative estimate of drug-likeness (QED) is 0.911. The SMILES string of the molecule is COc1ccccc1CNc1ncc(F)c(N2CCOCC2)n1. The first-order chi connectivity index (χ1) is 11.3. The molecule has 0 aliphatic carbocycles. The highest BCUT2D eigenvalue weighted by Gasteiger charge is 2.17. The van der Waals surface area contributed by atoms with Crippen LogP contribution in [0.4, 0.5) is 16.2 Å². The average molecular weight is 318 g/mol. The molecular formula is C16H19FN4O2. The van der Waals surface area contributed by atoms with Gasteiger partial charge in [0.05, 0.1) is 26.5 Å². The summed E-state index contributed by atoms with van der Waals surface area (Å²) in [6.07, 6.45) is 1.20. The molecule has 1 aromatic heterocycles. The molecule has 1 fully saturated rings. The van der Waals surface area contributed by atoms with Crippen LogP contribution in [0.5, 0.6) is 5.75 Å². The molecule has 23 heavy (non-hydrogen) atoms. The smallest absolute Gasteiger partial charge is 0.225 e. The normalized spacial score (nSPS) is 14.6. The Morgan fingerprint density at radius 3 is 2.87 bits per heavy atom. The maximum Gasteiger partial charge on any atom is 0.225 e. The minimum absolute atomic E-state index is 0.311. The molecule has 0 saturated carbocycles. The zero-order valence-corrected chi connectivity index (χ0v) is 13.0. The number of benzene rings is 1. The molecule has 0 spiro atoms. The van der Waals surface area contributed by atoms with E-state index in [1.807, 2.05) is 29.2 Å². The lowest BCUT2D eigenvalue weighted by Crippen LogP contribution is -2.37. The van der Waals surface area contributed by atoms with Crippen molar-refractivity contribution in [3.05, 3.63) is 41.8 Å². The van der Waals surface area contributed by atoms with E-state index in [1.165, 1.54) is 6.20 Å². The van der Waals surface area contributed by atoms with Crippen LogP contribution in [0, 0.1) is 5.82 Å². The van der Waals surface area contributed by atoms with E-state index >= 15 is 0 Å². The van der Waals surface area contributed by atoms with Crippen LogP contribution in [0.1, 0.15) is 5.56 Å². The molecule has 0 radical (unpaired) electrons. The van der Waals surface area contributed by atoms with Gasteiger partial charge >= 0.3 is 0 Å². The van der Waals surface area contributed by atoms with Crippen molar-refractivity contribution in [2.24, 2.45) is 0 Å². The maximum atomic E-state index is 14.0. The number of aromatic nitrogens is 2. The van der Waals surface area contributed by atoms with Gasteiger partial charge in [-0.25, -0.2) is 9.37 Å². The Morgan fingerprint density at radius 1 is 1.30 bits per heavy atom. The summed E-state index contributed by atoms with van der Waals surface area (Å²) in [7, 11) is 1.63. The number of nitrogens with zero attached hydrogens (tertiary/aromatic N) is 3. The van der Waals surface area contributed by atoms with Gasteiger partial charge in [0.25, 0.3) is 0 Å². The first-order valence-electron chi connectivity index (χ1n) is 7.49. The van der Waals surface area contributed by atoms with Crippen molar-refractivity contribution in [1.29, 1.82) is 0 Å². The average Bonchev–Trinajstić information content (AvgIpc) is 2.62. The van der Waals surface area contributed by atoms with Crippen molar-refractivity contribution in [2.75, 3.05) is 43.6 Å². The van der Waals surface area contributed by atoms with Crippen molar-refractivity contribution in [3.63, 3.8) is 0 Å². The molecule has 0 amide bonds. The number of morpholine rings is 1. The molecule has 2 heterocycles. The van der Waals surface area contributed by atoms with E-state index in [0.717, 1.165) is 11.3 Å². The fourth-order valence-corrected chi connectivity index (χ4v) is 2.46. The highest BCUT2D eigenvalue weighted by molar-refractivity contribution is 5.45. The molecule has 0 bridgehead atoms. The summed E-state index contributed by atoms with van der Waals surface area (Å²) >= 11 is 0. The number of ether oxygens (including phenoxy) is 2. The van der Waals surface area contributed by atoms with Crippen LogP contribution in [0.25, 0.3) is 0 Å². The Balaban J connectivity index is 1.73. The molecule has 0 atom stereocenters. The van der Waals surface area contributed by atoms with Crippen molar-refractivity contribution < 1.29 is 13.9 Å². The fraction of sp³-hybridized carbons (Fsp3) is 0.375. The van der Waals surface area contributed by atoms with Gasteiger partial charge < -0.3 is 19.7 Å². The second kappa shape index (κ2) is 7.23. The van der Waals surface area contributed by atoms with Crippen LogP contribution in [0.15, 0.2) is 30.5 Å². The molecule has 1 aliphatic rings. The topological polar surface area (TPSA) is 59.5 Å². The van der Waals surface area contributed by atoms with Gasteiger partial charge in [-0.2, -0.15) is 4.98 Å². The minimum Gasteiger partial charge on any atom is -0.496 e. The number of anilines is 2. The standard InChI is InChI=1S/C16H19FN4O2/c1-22-14-5-3-2-4-12(14)10-18-16-19-11-13(17)15(20-16)21-6-8-23-9-7-21/h2-5,11H,6-10H2,1H3,(H,18,19,20). The molecule has 1 aromatic carbocycles. The molecule has 6 nitrogen and oxygen atoms in total. The van der Waals surface area contributed by atoms with Crippen molar-refractivity contribution in [2.45, 2.75) is 6.54 Å². The van der Waals surface area contributed by atoms with Gasteiger partial charge in [-0.05, 0) is 6.07 Å². The van der Waals surface area contributed by atoms with E-state index in [0.29, 0.717) is 44.6 Å². The maximum absolute atomic E-state index is 14.0. The summed E-state index contributed by atoms with van der Waals surface area (Å²) in [5.74, 6) is 1.06. The molecule has 1 saturated heterocycles. The van der Waals surface area contributed by atoms with Gasteiger partial charge in [0.15, 0.2) is 11.6 Å². The first-order valence-corrected chi connectivity index (χ1v) is 7.49. The Hall–Kier alpha value is -2.41. The molecule has 2 aromatic rings. The van der Waals surface area contributed by atoms with E-state index < -0.39 is 5.82 Å². The number of halogens is 1. The van der Waals surface area contributed by atoms with Crippen LogP contribution >= 0.6 is 0 Å². The van der Waals surface area contributed by atoms with Crippen LogP contribution < -0.4 is 15.0 Å². The summed E-state index contributed by atoms with van der Waals surface area (Å²) in [6.45, 7) is 2.90. The monoisotopic (exact) mass is 318 g/mol. The second-order valence-electron chi connectivity index (χ2n) is 5.13. The number of rotatable bonds is 5. The van der Waals surface area contributed by atoms with Crippen LogP contribution in [-0.2, 0) is 11.3 Å². The van der Waals surface area contributed by atoms with Crippen molar-refractivity contribution >= 4 is 11.8 Å². The van der Waals surface area contributed by atoms with Crippen molar-refractivity contribution in [3.8, 4) is 5.75 Å². The molecule has 7 heteroatoms. The predicted octanol–water partition coefficient (Wildman–Crippen LogP) is 2.07. The lowest BCUT2D eigenvalue weighted by molar-refractivity contribution is 0.122. The zero-order valence-electron chi connectivity index (χ0n) is 13.0. The molecule has 1 N–H and O–H groups in total. The third-order valence-corrected chi connectivity index (χ3v) is 3.67. The Kier molecular flexibility index (Phi) is 4.87. The highest BCUT2D eigenvalue weighted by atomic mass is 19.1. The Bertz CT molecular complexity index is 662. The summed E-state index contributed by atoms with van der Waals surface area (Å²) in [5.41, 5.74) is 0.982. The van der Waals surface area contributed by atoms with Crippen LogP contribution in [-0.4, -0.2) is 43.4 Å². The van der Waals surface area contributed by atoms with Gasteiger partial charge in [-0.15, -0.1) is 0 Å². The second-order valence-corrected chi connectivity index (χ2v) is 5.13. The van der Waals surface area contributed by atoms with Gasteiger partial charge in [-0.1, -0.05) is 18.2 Å². The summed E-state index contributed by atoms with van der Waals surface area (Å²) in [4.78, 5) is 10.2. The Labute approximate surface area is 134 Å². The van der Waals surface area contributed by atoms with E-state index in [1.54, 1.807) is 7.11 Å². The van der Waals surface area contributed by atoms with E-state index in [2.05, 4.69) is 15.3 Å². The summed E-state index contributed by atoms with van der Waals surface area (Å²) < 4.78 is 24.6. The summed E-state index contributed by atoms with van der Waals surface area (Å²) in [5, 5.41) is 3.12. The molecule has 1 aliphatic heterocycles. The van der Waals surface area contributed by atoms with Gasteiger partial charge in [0, 0.05) is 25.2 Å². The minimum atomic E-state index is -0.422. The molecular weight excluding hydrogens is 299 g/mol. The van der Waals surface area contributed by atoms with E-state index in [9.17, 15) is 4.39 Å². The molecule has 3 rings (SSSR count). The highest BCUT2D eigenvalue weighted by Crippen LogP contribution is 2.21. The largest absolute Gasteiger partial charge is 0.496 e. The third kappa shape index (κ3) is 3.68. The first kappa shape index (κ1) is 15.5. The lowest BCUT2D eigenvalue weighted by Gasteiger charge is -2.28. The summed E-state index contributed by atoms with van der Waals surface area (Å²) in [6, 6.07) is 7.69. The van der Waals surface area contributed by atoms with E-state index in [4.69, 9.17) is 9.47 Å². The van der Waals surface area contributed by atoms with Crippen LogP contribution in [0.3, 0.4) is 0 Å². The zero-order chi connectivity index (χ0) is 16.1. The van der Waals surface area contributed by atoms with Gasteiger partial charge in [0.1, 0.15) is 5.75 Å². The Morgan fingerprint density at radius 2 is 2.09 bits per heavy atom. The number of para-hydroxylation sites is 1. The molecule has 0 unspecified atom stereocenters. The van der Waals surface area contributed by atoms with E-state index in [-0.39, 0.29) is 0 Å². The fourth-order valence-electron chi connectivity index (χ4n) is 2.46. The lowest BCUT2D eigenvalue weighted by atomic mass is 10.2. The number of methoxy groups -OCH3 is 1. The van der Waals surface area contributed by atoms with Crippen LogP contribution in [0.2, 0.25) is 0 Å². The van der Waals surface area contributed by atoms with Gasteiger partial charge in [0.2, 0.25) is 5.95 Å². The van der Waals surface area contributed by atoms with Crippen molar-refractivity contribution in [1.82, 2.24) is 9.97 Å².